The Hall–Kier alpha value is -1.39. The molecule has 2 aromatic rings. The maximum Gasteiger partial charge on any atom is 0.253 e. The van der Waals surface area contributed by atoms with Crippen molar-refractivity contribution in [2.24, 2.45) is 5.92 Å². The molecule has 3 nitrogen and oxygen atoms in total. The predicted molar refractivity (Wildman–Crippen MR) is 81.3 cm³/mol. The summed E-state index contributed by atoms with van der Waals surface area (Å²) in [6.45, 7) is 1.65. The van der Waals surface area contributed by atoms with Crippen LogP contribution in [0.5, 0.6) is 0 Å². The zero-order valence-corrected chi connectivity index (χ0v) is 12.5. The molecule has 0 saturated carbocycles. The van der Waals surface area contributed by atoms with Crippen LogP contribution >= 0.6 is 22.9 Å². The van der Waals surface area contributed by atoms with Gasteiger partial charge in [0.2, 0.25) is 0 Å². The molecule has 5 heteroatoms. The summed E-state index contributed by atoms with van der Waals surface area (Å²) in [5.74, 6) is 0.626. The molecule has 3 rings (SSSR count). The molecule has 1 unspecified atom stereocenters. The zero-order valence-electron chi connectivity index (χ0n) is 11.0. The van der Waals surface area contributed by atoms with E-state index in [1.807, 2.05) is 16.5 Å². The molecular formula is C15H15ClN2OS. The van der Waals surface area contributed by atoms with Crippen LogP contribution in [0.25, 0.3) is 0 Å². The van der Waals surface area contributed by atoms with Crippen molar-refractivity contribution in [1.82, 2.24) is 9.88 Å². The number of carbonyl (C=O) groups excluding carboxylic acids is 1. The van der Waals surface area contributed by atoms with Crippen molar-refractivity contribution in [3.63, 3.8) is 0 Å². The van der Waals surface area contributed by atoms with Crippen LogP contribution in [0.1, 0.15) is 21.8 Å². The molecule has 1 aromatic heterocycles. The second-order valence-corrected chi connectivity index (χ2v) is 6.46. The van der Waals surface area contributed by atoms with E-state index < -0.39 is 0 Å². The smallest absolute Gasteiger partial charge is 0.253 e. The van der Waals surface area contributed by atoms with Crippen molar-refractivity contribution in [3.05, 3.63) is 51.4 Å². The summed E-state index contributed by atoms with van der Waals surface area (Å²) < 4.78 is 0. The van der Waals surface area contributed by atoms with Crippen LogP contribution in [-0.2, 0) is 6.42 Å². The van der Waals surface area contributed by atoms with Crippen LogP contribution in [0.4, 0.5) is 0 Å². The molecule has 1 saturated heterocycles. The highest BCUT2D eigenvalue weighted by molar-refractivity contribution is 7.09. The van der Waals surface area contributed by atoms with E-state index in [1.165, 1.54) is 0 Å². The van der Waals surface area contributed by atoms with Gasteiger partial charge in [-0.1, -0.05) is 11.6 Å². The fraction of sp³-hybridized carbons (Fsp3) is 0.333. The van der Waals surface area contributed by atoms with Crippen molar-refractivity contribution >= 4 is 28.8 Å². The molecule has 0 aliphatic carbocycles. The molecule has 104 valence electrons. The fourth-order valence-corrected chi connectivity index (χ4v) is 3.42. The van der Waals surface area contributed by atoms with E-state index in [-0.39, 0.29) is 5.91 Å². The van der Waals surface area contributed by atoms with E-state index in [0.717, 1.165) is 30.9 Å². The molecule has 2 heterocycles. The van der Waals surface area contributed by atoms with Gasteiger partial charge in [-0.3, -0.25) is 4.79 Å². The topological polar surface area (TPSA) is 33.2 Å². The summed E-state index contributed by atoms with van der Waals surface area (Å²) in [4.78, 5) is 18.6. The van der Waals surface area contributed by atoms with Crippen LogP contribution in [0, 0.1) is 5.92 Å². The first-order chi connectivity index (χ1) is 9.72. The largest absolute Gasteiger partial charge is 0.338 e. The van der Waals surface area contributed by atoms with Crippen LogP contribution in [0.2, 0.25) is 5.02 Å². The molecule has 1 atom stereocenters. The lowest BCUT2D eigenvalue weighted by molar-refractivity contribution is 0.0787. The minimum absolute atomic E-state index is 0.100. The Morgan fingerprint density at radius 2 is 2.20 bits per heavy atom. The predicted octanol–water partition coefficient (Wildman–Crippen LogP) is 3.50. The van der Waals surface area contributed by atoms with Gasteiger partial charge in [0.05, 0.1) is 5.01 Å². The molecular weight excluding hydrogens is 292 g/mol. The van der Waals surface area contributed by atoms with Crippen LogP contribution in [0.15, 0.2) is 35.8 Å². The molecule has 1 aliphatic heterocycles. The first-order valence-electron chi connectivity index (χ1n) is 6.65. The van der Waals surface area contributed by atoms with Gasteiger partial charge < -0.3 is 4.90 Å². The second-order valence-electron chi connectivity index (χ2n) is 5.04. The quantitative estimate of drug-likeness (QED) is 0.869. The molecule has 0 N–H and O–H groups in total. The van der Waals surface area contributed by atoms with Gasteiger partial charge in [-0.25, -0.2) is 4.98 Å². The Balaban J connectivity index is 1.62. The fourth-order valence-electron chi connectivity index (χ4n) is 2.56. The van der Waals surface area contributed by atoms with Crippen LogP contribution in [-0.4, -0.2) is 28.9 Å². The van der Waals surface area contributed by atoms with Crippen molar-refractivity contribution < 1.29 is 4.79 Å². The zero-order chi connectivity index (χ0) is 13.9. The van der Waals surface area contributed by atoms with Gasteiger partial charge in [0.15, 0.2) is 0 Å². The third kappa shape index (κ3) is 3.02. The standard InChI is InChI=1S/C15H15ClN2OS/c16-13-3-1-12(2-4-13)15(19)18-7-5-11(10-18)9-14-17-6-8-20-14/h1-4,6,8,11H,5,7,9-10H2. The summed E-state index contributed by atoms with van der Waals surface area (Å²) in [5, 5.41) is 3.82. The molecule has 0 spiro atoms. The number of thiazole rings is 1. The molecule has 1 fully saturated rings. The number of amides is 1. The Bertz CT molecular complexity index is 582. The van der Waals surface area contributed by atoms with Crippen LogP contribution in [0.3, 0.4) is 0 Å². The third-order valence-corrected chi connectivity index (χ3v) is 4.66. The second kappa shape index (κ2) is 5.94. The van der Waals surface area contributed by atoms with Gasteiger partial charge in [0.1, 0.15) is 0 Å². The van der Waals surface area contributed by atoms with E-state index in [1.54, 1.807) is 35.6 Å². The highest BCUT2D eigenvalue weighted by atomic mass is 35.5. The minimum atomic E-state index is 0.100. The Morgan fingerprint density at radius 1 is 1.40 bits per heavy atom. The van der Waals surface area contributed by atoms with E-state index >= 15 is 0 Å². The summed E-state index contributed by atoms with van der Waals surface area (Å²) in [6.07, 6.45) is 3.87. The lowest BCUT2D eigenvalue weighted by Crippen LogP contribution is -2.28. The minimum Gasteiger partial charge on any atom is -0.338 e. The summed E-state index contributed by atoms with van der Waals surface area (Å²) in [7, 11) is 0. The summed E-state index contributed by atoms with van der Waals surface area (Å²) in [6, 6.07) is 7.10. The van der Waals surface area contributed by atoms with Gasteiger partial charge in [0.25, 0.3) is 5.91 Å². The Kier molecular flexibility index (Phi) is 4.03. The molecule has 1 amide bonds. The average molecular weight is 307 g/mol. The average Bonchev–Trinajstić information content (AvgIpc) is 3.11. The van der Waals surface area contributed by atoms with Gasteiger partial charge >= 0.3 is 0 Å². The normalized spacial score (nSPS) is 18.4. The molecule has 0 radical (unpaired) electrons. The number of halogens is 1. The number of hydrogen-bond donors (Lipinski definition) is 0. The molecule has 0 bridgehead atoms. The maximum absolute atomic E-state index is 12.4. The Labute approximate surface area is 127 Å². The van der Waals surface area contributed by atoms with Gasteiger partial charge in [-0.2, -0.15) is 0 Å². The maximum atomic E-state index is 12.4. The highest BCUT2D eigenvalue weighted by Gasteiger charge is 2.27. The van der Waals surface area contributed by atoms with Crippen molar-refractivity contribution in [2.45, 2.75) is 12.8 Å². The van der Waals surface area contributed by atoms with E-state index in [2.05, 4.69) is 4.98 Å². The number of aromatic nitrogens is 1. The number of nitrogens with zero attached hydrogens (tertiary/aromatic N) is 2. The first-order valence-corrected chi connectivity index (χ1v) is 7.91. The molecule has 1 aliphatic rings. The van der Waals surface area contributed by atoms with E-state index in [9.17, 15) is 4.79 Å². The summed E-state index contributed by atoms with van der Waals surface area (Å²) in [5.41, 5.74) is 0.712. The highest BCUT2D eigenvalue weighted by Crippen LogP contribution is 2.23. The molecule has 1 aromatic carbocycles. The first kappa shape index (κ1) is 13.6. The van der Waals surface area contributed by atoms with Crippen molar-refractivity contribution in [1.29, 1.82) is 0 Å². The van der Waals surface area contributed by atoms with E-state index in [0.29, 0.717) is 16.5 Å². The monoisotopic (exact) mass is 306 g/mol. The third-order valence-electron chi connectivity index (χ3n) is 3.61. The lowest BCUT2D eigenvalue weighted by atomic mass is 10.1. The van der Waals surface area contributed by atoms with Gasteiger partial charge in [-0.15, -0.1) is 11.3 Å². The van der Waals surface area contributed by atoms with Crippen LogP contribution < -0.4 is 0 Å². The molecule has 20 heavy (non-hydrogen) atoms. The number of benzene rings is 1. The Morgan fingerprint density at radius 3 is 2.90 bits per heavy atom. The number of rotatable bonds is 3. The van der Waals surface area contributed by atoms with Crippen molar-refractivity contribution in [2.75, 3.05) is 13.1 Å². The number of hydrogen-bond acceptors (Lipinski definition) is 3. The lowest BCUT2D eigenvalue weighted by Gasteiger charge is -2.16. The van der Waals surface area contributed by atoms with Crippen molar-refractivity contribution in [3.8, 4) is 0 Å². The van der Waals surface area contributed by atoms with E-state index in [4.69, 9.17) is 11.6 Å². The number of likely N-dealkylation sites (tertiary alicyclic amines) is 1. The van der Waals surface area contributed by atoms with Gasteiger partial charge in [0, 0.05) is 41.7 Å². The SMILES string of the molecule is O=C(c1ccc(Cl)cc1)N1CCC(Cc2nccs2)C1. The number of carbonyl (C=O) groups is 1. The van der Waals surface area contributed by atoms with Gasteiger partial charge in [-0.05, 0) is 36.6 Å². The summed E-state index contributed by atoms with van der Waals surface area (Å²) >= 11 is 7.54.